The van der Waals surface area contributed by atoms with Crippen LogP contribution in [0.1, 0.15) is 49.1 Å². The van der Waals surface area contributed by atoms with Crippen LogP contribution in [0.4, 0.5) is 0 Å². The van der Waals surface area contributed by atoms with Gasteiger partial charge in [0, 0.05) is 30.3 Å². The van der Waals surface area contributed by atoms with Gasteiger partial charge in [-0.05, 0) is 31.7 Å². The number of hydrogen-bond donors (Lipinski definition) is 0. The summed E-state index contributed by atoms with van der Waals surface area (Å²) < 4.78 is 1.87. The molecule has 1 aliphatic rings. The molecule has 1 atom stereocenters. The average Bonchev–Trinajstić information content (AvgIpc) is 2.88. The molecule has 0 radical (unpaired) electrons. The summed E-state index contributed by atoms with van der Waals surface area (Å²) in [5, 5.41) is 13.7. The van der Waals surface area contributed by atoms with Crippen molar-refractivity contribution in [2.24, 2.45) is 0 Å². The van der Waals surface area contributed by atoms with Gasteiger partial charge in [-0.2, -0.15) is 10.4 Å². The fourth-order valence-electron chi connectivity index (χ4n) is 3.03. The van der Waals surface area contributed by atoms with Crippen LogP contribution in [0.25, 0.3) is 5.95 Å². The molecule has 1 unspecified atom stereocenters. The highest BCUT2D eigenvalue weighted by Crippen LogP contribution is 2.36. The van der Waals surface area contributed by atoms with E-state index in [0.29, 0.717) is 18.3 Å². The van der Waals surface area contributed by atoms with Gasteiger partial charge in [0.1, 0.15) is 0 Å². The summed E-state index contributed by atoms with van der Waals surface area (Å²) >= 11 is 0. The molecule has 5 nitrogen and oxygen atoms in total. The monoisotopic (exact) mass is 267 g/mol. The summed E-state index contributed by atoms with van der Waals surface area (Å²) in [6.07, 6.45) is 8.08. The Hall–Kier alpha value is -2.22. The molecule has 2 aromatic heterocycles. The fourth-order valence-corrected chi connectivity index (χ4v) is 3.03. The lowest BCUT2D eigenvalue weighted by molar-refractivity contribution is 0.546. The SMILES string of the molecule is CCc1nn(-c2ncccn2)c2c1C(CC#N)CCC2. The van der Waals surface area contributed by atoms with Gasteiger partial charge >= 0.3 is 0 Å². The summed E-state index contributed by atoms with van der Waals surface area (Å²) in [4.78, 5) is 8.60. The third-order valence-corrected chi connectivity index (χ3v) is 3.89. The van der Waals surface area contributed by atoms with E-state index < -0.39 is 0 Å². The van der Waals surface area contributed by atoms with Gasteiger partial charge in [0.05, 0.1) is 17.5 Å². The Morgan fingerprint density at radius 2 is 2.20 bits per heavy atom. The zero-order valence-corrected chi connectivity index (χ0v) is 11.6. The lowest BCUT2D eigenvalue weighted by atomic mass is 9.83. The molecule has 0 spiro atoms. The van der Waals surface area contributed by atoms with Gasteiger partial charge in [-0.25, -0.2) is 14.6 Å². The Morgan fingerprint density at radius 1 is 1.40 bits per heavy atom. The fraction of sp³-hybridized carbons (Fsp3) is 0.467. The summed E-state index contributed by atoms with van der Waals surface area (Å²) in [5.74, 6) is 0.942. The topological polar surface area (TPSA) is 67.4 Å². The van der Waals surface area contributed by atoms with Gasteiger partial charge in [0.15, 0.2) is 0 Å². The molecule has 0 N–H and O–H groups in total. The van der Waals surface area contributed by atoms with Gasteiger partial charge < -0.3 is 0 Å². The molecular formula is C15H17N5. The number of hydrogen-bond acceptors (Lipinski definition) is 4. The van der Waals surface area contributed by atoms with Crippen LogP contribution in [-0.2, 0) is 12.8 Å². The predicted molar refractivity (Wildman–Crippen MR) is 74.4 cm³/mol. The largest absolute Gasteiger partial charge is 0.250 e. The molecule has 20 heavy (non-hydrogen) atoms. The Bertz CT molecular complexity index is 638. The Morgan fingerprint density at radius 3 is 2.90 bits per heavy atom. The number of aromatic nitrogens is 4. The van der Waals surface area contributed by atoms with Crippen molar-refractivity contribution in [2.75, 3.05) is 0 Å². The number of fused-ring (bicyclic) bond motifs is 1. The van der Waals surface area contributed by atoms with Crippen LogP contribution in [0.15, 0.2) is 18.5 Å². The van der Waals surface area contributed by atoms with Crippen molar-refractivity contribution in [3.63, 3.8) is 0 Å². The second kappa shape index (κ2) is 5.41. The first-order valence-electron chi connectivity index (χ1n) is 7.10. The van der Waals surface area contributed by atoms with Crippen molar-refractivity contribution in [1.29, 1.82) is 5.26 Å². The van der Waals surface area contributed by atoms with Gasteiger partial charge in [0.2, 0.25) is 0 Å². The Balaban J connectivity index is 2.13. The molecule has 1 aliphatic carbocycles. The maximum absolute atomic E-state index is 9.03. The molecular weight excluding hydrogens is 250 g/mol. The quantitative estimate of drug-likeness (QED) is 0.857. The minimum Gasteiger partial charge on any atom is -0.220 e. The second-order valence-electron chi connectivity index (χ2n) is 5.07. The zero-order valence-electron chi connectivity index (χ0n) is 11.6. The number of nitriles is 1. The first kappa shape index (κ1) is 12.8. The highest BCUT2D eigenvalue weighted by atomic mass is 15.4. The van der Waals surface area contributed by atoms with Gasteiger partial charge in [0.25, 0.3) is 5.95 Å². The van der Waals surface area contributed by atoms with Crippen molar-refractivity contribution in [1.82, 2.24) is 19.7 Å². The Kier molecular flexibility index (Phi) is 3.46. The van der Waals surface area contributed by atoms with E-state index in [-0.39, 0.29) is 0 Å². The molecule has 3 rings (SSSR count). The van der Waals surface area contributed by atoms with E-state index in [9.17, 15) is 0 Å². The molecule has 0 amide bonds. The van der Waals surface area contributed by atoms with Crippen LogP contribution in [-0.4, -0.2) is 19.7 Å². The van der Waals surface area contributed by atoms with Crippen LogP contribution < -0.4 is 0 Å². The molecule has 102 valence electrons. The molecule has 0 fully saturated rings. The van der Waals surface area contributed by atoms with E-state index in [0.717, 1.165) is 31.4 Å². The molecule has 0 saturated carbocycles. The van der Waals surface area contributed by atoms with E-state index in [1.807, 2.05) is 4.68 Å². The third-order valence-electron chi connectivity index (χ3n) is 3.89. The summed E-state index contributed by atoms with van der Waals surface area (Å²) in [5.41, 5.74) is 3.56. The standard InChI is InChI=1S/C15H17N5/c1-2-12-14-11(7-8-16)5-3-6-13(14)20(19-12)15-17-9-4-10-18-15/h4,9-11H,2-3,5-7H2,1H3. The summed E-state index contributed by atoms with van der Waals surface area (Å²) in [6, 6.07) is 4.11. The lowest BCUT2D eigenvalue weighted by Gasteiger charge is -2.21. The highest BCUT2D eigenvalue weighted by Gasteiger charge is 2.28. The minimum atomic E-state index is 0.316. The average molecular weight is 267 g/mol. The van der Waals surface area contributed by atoms with Crippen LogP contribution >= 0.6 is 0 Å². The molecule has 0 aromatic carbocycles. The summed E-state index contributed by atoms with van der Waals surface area (Å²) in [7, 11) is 0. The maximum atomic E-state index is 9.03. The van der Waals surface area contributed by atoms with E-state index in [1.54, 1.807) is 18.5 Å². The molecule has 5 heteroatoms. The van der Waals surface area contributed by atoms with E-state index in [4.69, 9.17) is 10.4 Å². The van der Waals surface area contributed by atoms with Crippen LogP contribution in [0, 0.1) is 11.3 Å². The van der Waals surface area contributed by atoms with E-state index in [2.05, 4.69) is 23.0 Å². The number of rotatable bonds is 3. The van der Waals surface area contributed by atoms with E-state index >= 15 is 0 Å². The highest BCUT2D eigenvalue weighted by molar-refractivity contribution is 5.36. The van der Waals surface area contributed by atoms with Gasteiger partial charge in [-0.3, -0.25) is 0 Å². The second-order valence-corrected chi connectivity index (χ2v) is 5.07. The van der Waals surface area contributed by atoms with Crippen LogP contribution in [0.2, 0.25) is 0 Å². The van der Waals surface area contributed by atoms with Crippen molar-refractivity contribution in [3.05, 3.63) is 35.4 Å². The van der Waals surface area contributed by atoms with Crippen LogP contribution in [0.3, 0.4) is 0 Å². The molecule has 0 aliphatic heterocycles. The number of nitrogens with zero attached hydrogens (tertiary/aromatic N) is 5. The first-order valence-corrected chi connectivity index (χ1v) is 7.10. The van der Waals surface area contributed by atoms with Crippen molar-refractivity contribution in [2.45, 2.75) is 44.9 Å². The van der Waals surface area contributed by atoms with E-state index in [1.165, 1.54) is 11.3 Å². The smallest absolute Gasteiger partial charge is 0.220 e. The maximum Gasteiger partial charge on any atom is 0.250 e. The summed E-state index contributed by atoms with van der Waals surface area (Å²) in [6.45, 7) is 2.11. The number of aryl methyl sites for hydroxylation is 1. The first-order chi connectivity index (χ1) is 9.85. The van der Waals surface area contributed by atoms with Gasteiger partial charge in [-0.1, -0.05) is 6.92 Å². The lowest BCUT2D eigenvalue weighted by Crippen LogP contribution is -2.13. The van der Waals surface area contributed by atoms with Crippen LogP contribution in [0.5, 0.6) is 0 Å². The van der Waals surface area contributed by atoms with Crippen molar-refractivity contribution in [3.8, 4) is 12.0 Å². The Labute approximate surface area is 118 Å². The minimum absolute atomic E-state index is 0.316. The normalized spacial score (nSPS) is 17.5. The zero-order chi connectivity index (χ0) is 13.9. The van der Waals surface area contributed by atoms with Crippen molar-refractivity contribution >= 4 is 0 Å². The molecule has 0 saturated heterocycles. The molecule has 0 bridgehead atoms. The van der Waals surface area contributed by atoms with Gasteiger partial charge in [-0.15, -0.1) is 0 Å². The molecule has 2 aromatic rings. The molecule has 2 heterocycles. The van der Waals surface area contributed by atoms with Crippen molar-refractivity contribution < 1.29 is 0 Å². The third kappa shape index (κ3) is 2.07. The predicted octanol–water partition coefficient (Wildman–Crippen LogP) is 2.56.